The highest BCUT2D eigenvalue weighted by atomic mass is 35.5. The van der Waals surface area contributed by atoms with Crippen LogP contribution in [0.3, 0.4) is 0 Å². The number of amides is 2. The number of hydrogen-bond acceptors (Lipinski definition) is 6. The van der Waals surface area contributed by atoms with Gasteiger partial charge >= 0.3 is 0 Å². The van der Waals surface area contributed by atoms with Crippen LogP contribution in [0.2, 0.25) is 0 Å². The average Bonchev–Trinajstić information content (AvgIpc) is 3.17. The molecule has 7 nitrogen and oxygen atoms in total. The monoisotopic (exact) mass is 445 g/mol. The predicted octanol–water partition coefficient (Wildman–Crippen LogP) is 1.52. The molecule has 0 atom stereocenters. The van der Waals surface area contributed by atoms with Crippen LogP contribution < -0.4 is 11.1 Å². The summed E-state index contributed by atoms with van der Waals surface area (Å²) in [4.78, 5) is 32.6. The fourth-order valence-electron chi connectivity index (χ4n) is 2.86. The summed E-state index contributed by atoms with van der Waals surface area (Å²) in [5.74, 6) is -0.399. The van der Waals surface area contributed by atoms with E-state index in [0.29, 0.717) is 30.3 Å². The molecular weight excluding hydrogens is 421 g/mol. The summed E-state index contributed by atoms with van der Waals surface area (Å²) < 4.78 is 0. The zero-order valence-electron chi connectivity index (χ0n) is 15.4. The molecule has 10 heteroatoms. The summed E-state index contributed by atoms with van der Waals surface area (Å²) in [6, 6.07) is 10.3. The number of thiazole rings is 1. The Morgan fingerprint density at radius 3 is 2.39 bits per heavy atom. The number of nitrogens with one attached hydrogen (secondary N) is 1. The number of aromatic nitrogens is 1. The van der Waals surface area contributed by atoms with Gasteiger partial charge in [-0.05, 0) is 5.56 Å². The van der Waals surface area contributed by atoms with Crippen LogP contribution in [0.5, 0.6) is 0 Å². The molecule has 1 saturated heterocycles. The quantitative estimate of drug-likeness (QED) is 0.702. The van der Waals surface area contributed by atoms with E-state index in [2.05, 4.69) is 27.3 Å². The number of nitrogens with zero attached hydrogens (tertiary/aromatic N) is 3. The Morgan fingerprint density at radius 1 is 1.11 bits per heavy atom. The Balaban J connectivity index is 0.00000196. The Labute approximate surface area is 181 Å². The molecule has 1 aromatic carbocycles. The van der Waals surface area contributed by atoms with E-state index in [4.69, 9.17) is 5.73 Å². The first kappa shape index (κ1) is 24.3. The number of carbonyl (C=O) groups excluding carboxylic acids is 2. The van der Waals surface area contributed by atoms with Crippen LogP contribution in [0.15, 0.2) is 35.7 Å². The van der Waals surface area contributed by atoms with Crippen LogP contribution in [-0.2, 0) is 17.9 Å². The molecule has 0 saturated carbocycles. The third-order valence-electron chi connectivity index (χ3n) is 4.33. The van der Waals surface area contributed by atoms with Gasteiger partial charge in [-0.2, -0.15) is 0 Å². The van der Waals surface area contributed by atoms with E-state index >= 15 is 0 Å². The molecule has 2 heterocycles. The van der Waals surface area contributed by atoms with Crippen molar-refractivity contribution in [1.82, 2.24) is 20.1 Å². The van der Waals surface area contributed by atoms with Crippen molar-refractivity contribution in [2.75, 3.05) is 32.7 Å². The van der Waals surface area contributed by atoms with E-state index in [-0.39, 0.29) is 43.2 Å². The van der Waals surface area contributed by atoms with Gasteiger partial charge in [-0.15, -0.1) is 36.2 Å². The van der Waals surface area contributed by atoms with Gasteiger partial charge in [0.15, 0.2) is 0 Å². The van der Waals surface area contributed by atoms with Gasteiger partial charge in [0, 0.05) is 44.6 Å². The Kier molecular flexibility index (Phi) is 10.4. The third-order valence-corrected chi connectivity index (χ3v) is 5.20. The second-order valence-corrected chi connectivity index (χ2v) is 7.10. The molecule has 1 aliphatic heterocycles. The summed E-state index contributed by atoms with van der Waals surface area (Å²) in [6.45, 7) is 4.22. The van der Waals surface area contributed by atoms with Gasteiger partial charge in [-0.25, -0.2) is 4.98 Å². The molecule has 1 aliphatic rings. The van der Waals surface area contributed by atoms with E-state index in [9.17, 15) is 9.59 Å². The van der Waals surface area contributed by atoms with Crippen LogP contribution in [0, 0.1) is 0 Å². The molecule has 0 aliphatic carbocycles. The molecule has 2 amide bonds. The fraction of sp³-hybridized carbons (Fsp3) is 0.389. The zero-order valence-corrected chi connectivity index (χ0v) is 17.8. The predicted molar refractivity (Wildman–Crippen MR) is 115 cm³/mol. The van der Waals surface area contributed by atoms with Crippen molar-refractivity contribution < 1.29 is 9.59 Å². The van der Waals surface area contributed by atoms with E-state index in [0.717, 1.165) is 19.6 Å². The largest absolute Gasteiger partial charge is 0.342 e. The number of hydrogen-bond donors (Lipinski definition) is 2. The lowest BCUT2D eigenvalue weighted by Gasteiger charge is -2.34. The maximum absolute atomic E-state index is 12.3. The van der Waals surface area contributed by atoms with Crippen LogP contribution in [0.1, 0.15) is 21.1 Å². The number of halogens is 2. The molecule has 154 valence electrons. The maximum atomic E-state index is 12.3. The number of piperazine rings is 1. The highest BCUT2D eigenvalue weighted by Gasteiger charge is 2.21. The van der Waals surface area contributed by atoms with Crippen LogP contribution in [-0.4, -0.2) is 59.3 Å². The minimum atomic E-state index is -0.336. The third kappa shape index (κ3) is 6.72. The van der Waals surface area contributed by atoms with Crippen LogP contribution >= 0.6 is 36.2 Å². The van der Waals surface area contributed by atoms with Gasteiger partial charge in [-0.1, -0.05) is 30.3 Å². The second-order valence-electron chi connectivity index (χ2n) is 6.16. The summed E-state index contributed by atoms with van der Waals surface area (Å²) in [5, 5.41) is 5.01. The minimum absolute atomic E-state index is 0. The first-order valence-electron chi connectivity index (χ1n) is 8.62. The summed E-state index contributed by atoms with van der Waals surface area (Å²) >= 11 is 1.34. The van der Waals surface area contributed by atoms with E-state index in [1.54, 1.807) is 10.3 Å². The van der Waals surface area contributed by atoms with Crippen LogP contribution in [0.25, 0.3) is 0 Å². The Bertz CT molecular complexity index is 751. The smallest absolute Gasteiger partial charge is 0.271 e. The Morgan fingerprint density at radius 2 is 1.79 bits per heavy atom. The van der Waals surface area contributed by atoms with Crippen LogP contribution in [0.4, 0.5) is 0 Å². The van der Waals surface area contributed by atoms with Gasteiger partial charge in [0.25, 0.3) is 5.91 Å². The topological polar surface area (TPSA) is 91.6 Å². The lowest BCUT2D eigenvalue weighted by molar-refractivity contribution is -0.131. The first-order chi connectivity index (χ1) is 12.7. The van der Waals surface area contributed by atoms with E-state index in [1.165, 1.54) is 16.9 Å². The van der Waals surface area contributed by atoms with E-state index < -0.39 is 0 Å². The molecule has 28 heavy (non-hydrogen) atoms. The number of nitrogens with two attached hydrogens (primary N) is 1. The molecule has 3 rings (SSSR count). The normalized spacial score (nSPS) is 14.0. The average molecular weight is 446 g/mol. The molecule has 0 radical (unpaired) electrons. The fourth-order valence-corrected chi connectivity index (χ4v) is 3.52. The second kappa shape index (κ2) is 12.0. The van der Waals surface area contributed by atoms with E-state index in [1.807, 2.05) is 18.2 Å². The van der Waals surface area contributed by atoms with Crippen molar-refractivity contribution in [2.24, 2.45) is 5.73 Å². The van der Waals surface area contributed by atoms with Gasteiger partial charge < -0.3 is 16.0 Å². The molecule has 0 spiro atoms. The van der Waals surface area contributed by atoms with Gasteiger partial charge in [0.1, 0.15) is 10.7 Å². The molecule has 3 N–H and O–H groups in total. The standard InChI is InChI=1S/C18H23N5O2S.2ClH/c19-10-16-21-15(13-26-16)18(25)20-11-17(24)23-8-6-22(7-9-23)12-14-4-2-1-3-5-14;;/h1-5,13H,6-12,19H2,(H,20,25);2*1H. The molecule has 1 aromatic heterocycles. The zero-order chi connectivity index (χ0) is 18.4. The summed E-state index contributed by atoms with van der Waals surface area (Å²) in [7, 11) is 0. The molecule has 1 fully saturated rings. The van der Waals surface area contributed by atoms with Crippen molar-refractivity contribution in [2.45, 2.75) is 13.1 Å². The van der Waals surface area contributed by atoms with Gasteiger partial charge in [0.05, 0.1) is 6.54 Å². The first-order valence-corrected chi connectivity index (χ1v) is 9.50. The van der Waals surface area contributed by atoms with Crippen molar-refractivity contribution >= 4 is 48.0 Å². The SMILES string of the molecule is Cl.Cl.NCc1nc(C(=O)NCC(=O)N2CCN(Cc3ccccc3)CC2)cs1. The Hall–Kier alpha value is -1.71. The summed E-state index contributed by atoms with van der Waals surface area (Å²) in [5.41, 5.74) is 7.09. The molecule has 0 unspecified atom stereocenters. The highest BCUT2D eigenvalue weighted by Crippen LogP contribution is 2.10. The van der Waals surface area contributed by atoms with Crippen molar-refractivity contribution in [3.8, 4) is 0 Å². The lowest BCUT2D eigenvalue weighted by Crippen LogP contribution is -2.50. The molecule has 0 bridgehead atoms. The lowest BCUT2D eigenvalue weighted by atomic mass is 10.2. The maximum Gasteiger partial charge on any atom is 0.271 e. The minimum Gasteiger partial charge on any atom is -0.342 e. The number of benzene rings is 1. The van der Waals surface area contributed by atoms with Crippen molar-refractivity contribution in [3.63, 3.8) is 0 Å². The molecule has 2 aromatic rings. The number of carbonyl (C=O) groups is 2. The highest BCUT2D eigenvalue weighted by molar-refractivity contribution is 7.09. The molecular formula is C18H25Cl2N5O2S. The van der Waals surface area contributed by atoms with Gasteiger partial charge in [0.2, 0.25) is 5.91 Å². The van der Waals surface area contributed by atoms with Crippen molar-refractivity contribution in [1.29, 1.82) is 0 Å². The summed E-state index contributed by atoms with van der Waals surface area (Å²) in [6.07, 6.45) is 0. The van der Waals surface area contributed by atoms with Gasteiger partial charge in [-0.3, -0.25) is 14.5 Å². The van der Waals surface area contributed by atoms with Crippen molar-refractivity contribution in [3.05, 3.63) is 52.0 Å². The number of rotatable bonds is 6.